The molecule has 1 aromatic carbocycles. The van der Waals surface area contributed by atoms with Crippen molar-refractivity contribution in [2.45, 2.75) is 46.6 Å². The topological polar surface area (TPSA) is 75.4 Å². The minimum atomic E-state index is 0.00568. The Labute approximate surface area is 144 Å². The van der Waals surface area contributed by atoms with Gasteiger partial charge in [0, 0.05) is 30.3 Å². The predicted octanol–water partition coefficient (Wildman–Crippen LogP) is 2.79. The summed E-state index contributed by atoms with van der Waals surface area (Å²) >= 11 is 0. The number of amides is 2. The number of hydrogen-bond acceptors (Lipinski definition) is 3. The number of nitrogens with two attached hydrogens (primary N) is 1. The molecule has 0 aliphatic carbocycles. The van der Waals surface area contributed by atoms with Gasteiger partial charge in [-0.05, 0) is 62.4 Å². The molecule has 5 heteroatoms. The highest BCUT2D eigenvalue weighted by atomic mass is 16.2. The summed E-state index contributed by atoms with van der Waals surface area (Å²) in [5, 5.41) is 2.92. The molecule has 0 aromatic heterocycles. The number of carbonyl (C=O) groups is 2. The predicted molar refractivity (Wildman–Crippen MR) is 96.9 cm³/mol. The van der Waals surface area contributed by atoms with Crippen LogP contribution in [0.5, 0.6) is 0 Å². The van der Waals surface area contributed by atoms with Crippen LogP contribution in [0.25, 0.3) is 0 Å². The number of rotatable bonds is 5. The molecule has 0 saturated carbocycles. The zero-order chi connectivity index (χ0) is 17.9. The maximum atomic E-state index is 12.7. The fourth-order valence-corrected chi connectivity index (χ4v) is 3.27. The van der Waals surface area contributed by atoms with E-state index in [-0.39, 0.29) is 17.9 Å². The third-order valence-electron chi connectivity index (χ3n) is 4.60. The number of aryl methyl sites for hydroxylation is 1. The first kappa shape index (κ1) is 18.5. The van der Waals surface area contributed by atoms with Crippen LogP contribution in [0.2, 0.25) is 0 Å². The summed E-state index contributed by atoms with van der Waals surface area (Å²) in [5.41, 5.74) is 8.08. The van der Waals surface area contributed by atoms with Gasteiger partial charge in [0.15, 0.2) is 0 Å². The lowest BCUT2D eigenvalue weighted by Crippen LogP contribution is -2.34. The molecule has 1 aliphatic heterocycles. The second kappa shape index (κ2) is 7.79. The summed E-state index contributed by atoms with van der Waals surface area (Å²) < 4.78 is 0. The van der Waals surface area contributed by atoms with Gasteiger partial charge in [0.25, 0.3) is 5.91 Å². The number of anilines is 1. The highest BCUT2D eigenvalue weighted by Gasteiger charge is 2.32. The zero-order valence-corrected chi connectivity index (χ0v) is 15.1. The van der Waals surface area contributed by atoms with Crippen molar-refractivity contribution in [2.24, 2.45) is 17.6 Å². The molecule has 132 valence electrons. The molecule has 1 aliphatic rings. The van der Waals surface area contributed by atoms with Gasteiger partial charge in [-0.15, -0.1) is 0 Å². The summed E-state index contributed by atoms with van der Waals surface area (Å²) in [6.07, 6.45) is 1.45. The van der Waals surface area contributed by atoms with E-state index in [0.717, 1.165) is 24.2 Å². The first-order valence-corrected chi connectivity index (χ1v) is 8.73. The molecule has 0 bridgehead atoms. The molecule has 2 atom stereocenters. The van der Waals surface area contributed by atoms with Crippen molar-refractivity contribution in [3.63, 3.8) is 0 Å². The quantitative estimate of drug-likeness (QED) is 0.871. The third kappa shape index (κ3) is 4.35. The van der Waals surface area contributed by atoms with Gasteiger partial charge < -0.3 is 16.0 Å². The fraction of sp³-hybridized carbons (Fsp3) is 0.579. The normalized spacial score (nSPS) is 20.5. The van der Waals surface area contributed by atoms with E-state index in [4.69, 9.17) is 5.73 Å². The summed E-state index contributed by atoms with van der Waals surface area (Å²) in [4.78, 5) is 26.6. The maximum Gasteiger partial charge on any atom is 0.254 e. The SMILES string of the molecule is Cc1cc(C(=O)N2CC(CN)CC2C)ccc1NC(=O)CC(C)C. The van der Waals surface area contributed by atoms with Crippen LogP contribution < -0.4 is 11.1 Å². The number of nitrogens with zero attached hydrogens (tertiary/aromatic N) is 1. The summed E-state index contributed by atoms with van der Waals surface area (Å²) in [5.74, 6) is 0.755. The van der Waals surface area contributed by atoms with Crippen molar-refractivity contribution >= 4 is 17.5 Å². The Morgan fingerprint density at radius 2 is 2.08 bits per heavy atom. The minimum absolute atomic E-state index is 0.00568. The van der Waals surface area contributed by atoms with Gasteiger partial charge in [0.2, 0.25) is 5.91 Å². The van der Waals surface area contributed by atoms with Crippen LogP contribution >= 0.6 is 0 Å². The van der Waals surface area contributed by atoms with Gasteiger partial charge in [-0.3, -0.25) is 9.59 Å². The van der Waals surface area contributed by atoms with E-state index < -0.39 is 0 Å². The van der Waals surface area contributed by atoms with Crippen molar-refractivity contribution < 1.29 is 9.59 Å². The van der Waals surface area contributed by atoms with Crippen molar-refractivity contribution in [1.29, 1.82) is 0 Å². The fourth-order valence-electron chi connectivity index (χ4n) is 3.27. The molecule has 1 aromatic rings. The maximum absolute atomic E-state index is 12.7. The largest absolute Gasteiger partial charge is 0.336 e. The van der Waals surface area contributed by atoms with Gasteiger partial charge in [0.05, 0.1) is 0 Å². The molecule has 0 radical (unpaired) electrons. The molecular formula is C19H29N3O2. The lowest BCUT2D eigenvalue weighted by atomic mass is 10.1. The Morgan fingerprint density at radius 3 is 2.62 bits per heavy atom. The molecule has 2 unspecified atom stereocenters. The third-order valence-corrected chi connectivity index (χ3v) is 4.60. The molecule has 3 N–H and O–H groups in total. The monoisotopic (exact) mass is 331 g/mol. The first-order chi connectivity index (χ1) is 11.3. The van der Waals surface area contributed by atoms with Gasteiger partial charge in [-0.25, -0.2) is 0 Å². The van der Waals surface area contributed by atoms with E-state index in [1.807, 2.05) is 37.8 Å². The second-order valence-corrected chi connectivity index (χ2v) is 7.32. The number of carbonyl (C=O) groups excluding carboxylic acids is 2. The molecule has 5 nitrogen and oxygen atoms in total. The summed E-state index contributed by atoms with van der Waals surface area (Å²) in [7, 11) is 0. The van der Waals surface area contributed by atoms with Crippen molar-refractivity contribution in [3.05, 3.63) is 29.3 Å². The lowest BCUT2D eigenvalue weighted by molar-refractivity contribution is -0.116. The number of nitrogens with one attached hydrogen (secondary N) is 1. The molecule has 2 amide bonds. The minimum Gasteiger partial charge on any atom is -0.336 e. The first-order valence-electron chi connectivity index (χ1n) is 8.73. The Morgan fingerprint density at radius 1 is 1.38 bits per heavy atom. The average Bonchev–Trinajstić information content (AvgIpc) is 2.89. The lowest BCUT2D eigenvalue weighted by Gasteiger charge is -2.22. The van der Waals surface area contributed by atoms with Crippen LogP contribution in [0, 0.1) is 18.8 Å². The number of benzene rings is 1. The summed E-state index contributed by atoms with van der Waals surface area (Å²) in [6.45, 7) is 9.36. The molecular weight excluding hydrogens is 302 g/mol. The van der Waals surface area contributed by atoms with Crippen LogP contribution in [-0.4, -0.2) is 35.8 Å². The molecule has 1 heterocycles. The molecule has 24 heavy (non-hydrogen) atoms. The van der Waals surface area contributed by atoms with E-state index in [1.165, 1.54) is 0 Å². The Hall–Kier alpha value is -1.88. The van der Waals surface area contributed by atoms with Gasteiger partial charge in [-0.1, -0.05) is 13.8 Å². The standard InChI is InChI=1S/C19H29N3O2/c1-12(2)7-18(23)21-17-6-5-16(8-13(17)3)19(24)22-11-15(10-20)9-14(22)4/h5-6,8,12,14-15H,7,9-11,20H2,1-4H3,(H,21,23). The summed E-state index contributed by atoms with van der Waals surface area (Å²) in [6, 6.07) is 5.69. The Bertz CT molecular complexity index is 613. The van der Waals surface area contributed by atoms with Crippen molar-refractivity contribution in [1.82, 2.24) is 4.90 Å². The average molecular weight is 331 g/mol. The van der Waals surface area contributed by atoms with Crippen LogP contribution in [-0.2, 0) is 4.79 Å². The van der Waals surface area contributed by atoms with E-state index in [2.05, 4.69) is 12.2 Å². The van der Waals surface area contributed by atoms with E-state index in [0.29, 0.717) is 30.4 Å². The zero-order valence-electron chi connectivity index (χ0n) is 15.1. The molecule has 1 saturated heterocycles. The Balaban J connectivity index is 2.09. The molecule has 0 spiro atoms. The van der Waals surface area contributed by atoms with E-state index in [1.54, 1.807) is 6.07 Å². The molecule has 1 fully saturated rings. The van der Waals surface area contributed by atoms with Gasteiger partial charge >= 0.3 is 0 Å². The van der Waals surface area contributed by atoms with E-state index >= 15 is 0 Å². The Kier molecular flexibility index (Phi) is 5.99. The van der Waals surface area contributed by atoms with Crippen LogP contribution in [0.4, 0.5) is 5.69 Å². The van der Waals surface area contributed by atoms with Gasteiger partial charge in [0.1, 0.15) is 0 Å². The van der Waals surface area contributed by atoms with Crippen molar-refractivity contribution in [2.75, 3.05) is 18.4 Å². The number of hydrogen-bond donors (Lipinski definition) is 2. The molecule has 2 rings (SSSR count). The van der Waals surface area contributed by atoms with Crippen LogP contribution in [0.15, 0.2) is 18.2 Å². The second-order valence-electron chi connectivity index (χ2n) is 7.32. The highest BCUT2D eigenvalue weighted by molar-refractivity contribution is 5.97. The van der Waals surface area contributed by atoms with Crippen LogP contribution in [0.3, 0.4) is 0 Å². The van der Waals surface area contributed by atoms with Crippen molar-refractivity contribution in [3.8, 4) is 0 Å². The highest BCUT2D eigenvalue weighted by Crippen LogP contribution is 2.25. The van der Waals surface area contributed by atoms with E-state index in [9.17, 15) is 9.59 Å². The number of likely N-dealkylation sites (tertiary alicyclic amines) is 1. The smallest absolute Gasteiger partial charge is 0.254 e. The van der Waals surface area contributed by atoms with Crippen LogP contribution in [0.1, 0.15) is 49.5 Å². The van der Waals surface area contributed by atoms with Gasteiger partial charge in [-0.2, -0.15) is 0 Å².